The van der Waals surface area contributed by atoms with Gasteiger partial charge in [0.05, 0.1) is 25.5 Å². The maximum absolute atomic E-state index is 13.9. The molecule has 2 aromatic heterocycles. The topological polar surface area (TPSA) is 216 Å². The molecular formula is C29H36N8O8S2. The zero-order chi connectivity index (χ0) is 33.9. The van der Waals surface area contributed by atoms with Crippen LogP contribution >= 0.6 is 11.3 Å². The van der Waals surface area contributed by atoms with Crippen LogP contribution in [-0.4, -0.2) is 109 Å². The van der Waals surface area contributed by atoms with Crippen LogP contribution in [0.2, 0.25) is 0 Å². The summed E-state index contributed by atoms with van der Waals surface area (Å²) in [5.74, 6) is -1.78. The molecular weight excluding hydrogens is 653 g/mol. The number of H-pyrrole nitrogens is 1. The number of nitrogens with zero attached hydrogens (tertiary/aromatic N) is 3. The standard InChI is InChI=1S/C29H36N8O8S2/c1-4-45-25(39)14-32-23(38)12-19-15-36(7-8-37(19)28(40)27-34-21-9-16(2)31-13-22(21)46-27)47(42,43)24-11-17-5-6-18(10-20(17)33-24)26(30)35-29(41)44-3/h5-6,10-11,16,19,31,33H,4,7-9,12-15H2,1-3H3,(H,32,38)(H2,30,35,41). The van der Waals surface area contributed by atoms with Gasteiger partial charge in [0.2, 0.25) is 5.91 Å². The van der Waals surface area contributed by atoms with E-state index in [-0.39, 0.29) is 61.1 Å². The predicted octanol–water partition coefficient (Wildman–Crippen LogP) is 0.925. The highest BCUT2D eigenvalue weighted by atomic mass is 32.2. The lowest BCUT2D eigenvalue weighted by atomic mass is 10.1. The van der Waals surface area contributed by atoms with E-state index in [9.17, 15) is 27.6 Å². The highest BCUT2D eigenvalue weighted by molar-refractivity contribution is 7.89. The normalized spacial score (nSPS) is 18.3. The lowest BCUT2D eigenvalue weighted by molar-refractivity contribution is -0.143. The summed E-state index contributed by atoms with van der Waals surface area (Å²) in [7, 11) is -2.96. The van der Waals surface area contributed by atoms with Gasteiger partial charge in [-0.15, -0.1) is 11.3 Å². The van der Waals surface area contributed by atoms with Gasteiger partial charge in [0.15, 0.2) is 5.01 Å². The van der Waals surface area contributed by atoms with Crippen LogP contribution in [0.1, 0.15) is 46.2 Å². The van der Waals surface area contributed by atoms with Crippen molar-refractivity contribution in [1.29, 1.82) is 5.41 Å². The number of benzene rings is 1. The fourth-order valence-electron chi connectivity index (χ4n) is 5.44. The number of rotatable bonds is 9. The van der Waals surface area contributed by atoms with Crippen molar-refractivity contribution >= 4 is 62.0 Å². The number of carbonyl (C=O) groups is 4. The number of nitrogens with one attached hydrogen (secondary N) is 5. The van der Waals surface area contributed by atoms with Gasteiger partial charge in [-0.2, -0.15) is 4.31 Å². The Morgan fingerprint density at radius 2 is 1.98 bits per heavy atom. The van der Waals surface area contributed by atoms with Gasteiger partial charge >= 0.3 is 12.1 Å². The van der Waals surface area contributed by atoms with Gasteiger partial charge in [0, 0.05) is 66.4 Å². The number of methoxy groups -OCH3 is 1. The number of hydrogen-bond acceptors (Lipinski definition) is 12. The van der Waals surface area contributed by atoms with Crippen LogP contribution in [0.4, 0.5) is 4.79 Å². The molecule has 0 bridgehead atoms. The minimum Gasteiger partial charge on any atom is -0.465 e. The van der Waals surface area contributed by atoms with Crippen LogP contribution in [0.25, 0.3) is 10.9 Å². The Labute approximate surface area is 274 Å². The Balaban J connectivity index is 1.37. The summed E-state index contributed by atoms with van der Waals surface area (Å²) in [6.45, 7) is 3.87. The number of amides is 3. The molecule has 1 aromatic carbocycles. The van der Waals surface area contributed by atoms with E-state index in [1.54, 1.807) is 19.1 Å². The summed E-state index contributed by atoms with van der Waals surface area (Å²) >= 11 is 1.28. The second-order valence-corrected chi connectivity index (χ2v) is 14.1. The zero-order valence-corrected chi connectivity index (χ0v) is 27.7. The summed E-state index contributed by atoms with van der Waals surface area (Å²) < 4.78 is 38.4. The molecule has 2 atom stereocenters. The number of alkyl carbamates (subject to hydrolysis) is 1. The fourth-order valence-corrected chi connectivity index (χ4v) is 7.92. The van der Waals surface area contributed by atoms with Crippen molar-refractivity contribution in [3.05, 3.63) is 45.4 Å². The molecule has 47 heavy (non-hydrogen) atoms. The second-order valence-electron chi connectivity index (χ2n) is 11.1. The molecule has 1 saturated heterocycles. The third kappa shape index (κ3) is 7.61. The number of carbonyl (C=O) groups excluding carboxylic acids is 4. The third-order valence-electron chi connectivity index (χ3n) is 7.85. The van der Waals surface area contributed by atoms with Crippen molar-refractivity contribution < 1.29 is 37.1 Å². The second kappa shape index (κ2) is 14.2. The highest BCUT2D eigenvalue weighted by Gasteiger charge is 2.39. The highest BCUT2D eigenvalue weighted by Crippen LogP contribution is 2.29. The number of sulfonamides is 1. The van der Waals surface area contributed by atoms with Gasteiger partial charge in [-0.25, -0.2) is 18.2 Å². The number of aromatic nitrogens is 2. The molecule has 2 aliphatic heterocycles. The lowest BCUT2D eigenvalue weighted by Crippen LogP contribution is -2.57. The molecule has 2 aliphatic rings. The number of esters is 1. The first kappa shape index (κ1) is 34.0. The van der Waals surface area contributed by atoms with E-state index in [0.29, 0.717) is 29.4 Å². The van der Waals surface area contributed by atoms with E-state index in [0.717, 1.165) is 10.6 Å². The van der Waals surface area contributed by atoms with Crippen LogP contribution in [0.15, 0.2) is 29.3 Å². The van der Waals surface area contributed by atoms with Gasteiger partial charge in [0.1, 0.15) is 17.4 Å². The van der Waals surface area contributed by atoms with Gasteiger partial charge in [0.25, 0.3) is 15.9 Å². The molecule has 5 N–H and O–H groups in total. The number of hydrogen-bond donors (Lipinski definition) is 5. The summed E-state index contributed by atoms with van der Waals surface area (Å²) in [4.78, 5) is 60.0. The van der Waals surface area contributed by atoms with Crippen LogP contribution in [-0.2, 0) is 42.1 Å². The number of ether oxygens (including phenoxy) is 2. The first-order chi connectivity index (χ1) is 22.4. The predicted molar refractivity (Wildman–Crippen MR) is 171 cm³/mol. The Hall–Kier alpha value is -4.39. The molecule has 18 heteroatoms. The Bertz CT molecular complexity index is 1820. The van der Waals surface area contributed by atoms with E-state index in [1.165, 1.54) is 39.8 Å². The Morgan fingerprint density at radius 3 is 2.72 bits per heavy atom. The van der Waals surface area contributed by atoms with Crippen molar-refractivity contribution in [2.75, 3.05) is 39.9 Å². The minimum absolute atomic E-state index is 0.00746. The lowest BCUT2D eigenvalue weighted by Gasteiger charge is -2.40. The number of fused-ring (bicyclic) bond motifs is 2. The molecule has 0 aliphatic carbocycles. The van der Waals surface area contributed by atoms with Crippen LogP contribution in [0.5, 0.6) is 0 Å². The van der Waals surface area contributed by atoms with E-state index < -0.39 is 39.9 Å². The molecule has 0 spiro atoms. The molecule has 16 nitrogen and oxygen atoms in total. The van der Waals surface area contributed by atoms with Gasteiger partial charge in [-0.3, -0.25) is 25.1 Å². The maximum Gasteiger partial charge on any atom is 0.412 e. The average molecular weight is 689 g/mol. The molecule has 3 amide bonds. The van der Waals surface area contributed by atoms with E-state index in [2.05, 4.69) is 30.7 Å². The van der Waals surface area contributed by atoms with Crippen molar-refractivity contribution in [1.82, 2.24) is 35.1 Å². The van der Waals surface area contributed by atoms with Crippen LogP contribution in [0.3, 0.4) is 0 Å². The summed E-state index contributed by atoms with van der Waals surface area (Å²) in [5.41, 5.74) is 1.59. The first-order valence-electron chi connectivity index (χ1n) is 14.9. The van der Waals surface area contributed by atoms with Crippen LogP contribution < -0.4 is 16.0 Å². The molecule has 0 saturated carbocycles. The number of thiazole rings is 1. The smallest absolute Gasteiger partial charge is 0.412 e. The molecule has 3 aromatic rings. The largest absolute Gasteiger partial charge is 0.465 e. The van der Waals surface area contributed by atoms with Crippen molar-refractivity contribution in [3.8, 4) is 0 Å². The molecule has 252 valence electrons. The quantitative estimate of drug-likeness (QED) is 0.122. The number of amidine groups is 1. The number of piperazine rings is 1. The average Bonchev–Trinajstić information content (AvgIpc) is 3.68. The molecule has 4 heterocycles. The molecule has 0 radical (unpaired) electrons. The van der Waals surface area contributed by atoms with E-state index >= 15 is 0 Å². The summed E-state index contributed by atoms with van der Waals surface area (Å²) in [6, 6.07) is 5.53. The zero-order valence-electron chi connectivity index (χ0n) is 26.0. The van der Waals surface area contributed by atoms with Crippen molar-refractivity contribution in [3.63, 3.8) is 0 Å². The van der Waals surface area contributed by atoms with Crippen molar-refractivity contribution in [2.45, 2.75) is 50.3 Å². The Kier molecular flexibility index (Phi) is 10.2. The van der Waals surface area contributed by atoms with Crippen molar-refractivity contribution in [2.24, 2.45) is 0 Å². The minimum atomic E-state index is -4.13. The molecule has 1 fully saturated rings. The SMILES string of the molecule is CCOC(=O)CNC(=O)CC1CN(S(=O)(=O)c2cc3ccc(C(=N)NC(=O)OC)cc3[nH]2)CCN1C(=O)c1nc2c(s1)CNC(C)C2. The fraction of sp³-hybridized carbons (Fsp3) is 0.448. The molecule has 5 rings (SSSR count). The maximum atomic E-state index is 13.9. The monoisotopic (exact) mass is 688 g/mol. The first-order valence-corrected chi connectivity index (χ1v) is 17.2. The van der Waals surface area contributed by atoms with Gasteiger partial charge in [-0.1, -0.05) is 12.1 Å². The molecule has 2 unspecified atom stereocenters. The summed E-state index contributed by atoms with van der Waals surface area (Å²) in [6.07, 6.45) is -0.390. The van der Waals surface area contributed by atoms with Crippen LogP contribution in [0, 0.1) is 5.41 Å². The van der Waals surface area contributed by atoms with Gasteiger partial charge in [-0.05, 0) is 26.0 Å². The summed E-state index contributed by atoms with van der Waals surface area (Å²) in [5, 5.41) is 16.9. The number of aromatic amines is 1. The third-order valence-corrected chi connectivity index (χ3v) is 10.7. The van der Waals surface area contributed by atoms with E-state index in [1.807, 2.05) is 6.92 Å². The van der Waals surface area contributed by atoms with E-state index in [4.69, 9.17) is 10.1 Å². The Morgan fingerprint density at radius 1 is 1.19 bits per heavy atom. The van der Waals surface area contributed by atoms with Gasteiger partial charge < -0.3 is 30.0 Å².